The Morgan fingerprint density at radius 1 is 1.41 bits per heavy atom. The lowest BCUT2D eigenvalue weighted by Crippen LogP contribution is -2.42. The first-order valence-electron chi connectivity index (χ1n) is 6.22. The Morgan fingerprint density at radius 2 is 2.06 bits per heavy atom. The van der Waals surface area contributed by atoms with Crippen molar-refractivity contribution in [3.63, 3.8) is 0 Å². The summed E-state index contributed by atoms with van der Waals surface area (Å²) in [5.74, 6) is -0.128. The van der Waals surface area contributed by atoms with Crippen LogP contribution >= 0.6 is 0 Å². The molecule has 0 bridgehead atoms. The van der Waals surface area contributed by atoms with Crippen molar-refractivity contribution in [2.75, 3.05) is 6.54 Å². The number of amides is 1. The third-order valence-corrected chi connectivity index (χ3v) is 3.30. The monoisotopic (exact) mass is 238 g/mol. The van der Waals surface area contributed by atoms with E-state index in [2.05, 4.69) is 5.32 Å². The van der Waals surface area contributed by atoms with Crippen LogP contribution in [0.4, 0.5) is 0 Å². The van der Waals surface area contributed by atoms with Gasteiger partial charge in [-0.1, -0.05) is 13.8 Å². The molecule has 1 heterocycles. The number of aliphatic hydroxyl groups is 1. The van der Waals surface area contributed by atoms with E-state index < -0.39 is 5.60 Å². The maximum absolute atomic E-state index is 11.9. The largest absolute Gasteiger partial charge is 0.388 e. The van der Waals surface area contributed by atoms with Crippen LogP contribution in [0.2, 0.25) is 0 Å². The van der Waals surface area contributed by atoms with Crippen molar-refractivity contribution in [2.24, 2.45) is 0 Å². The molecule has 0 unspecified atom stereocenters. The van der Waals surface area contributed by atoms with Crippen molar-refractivity contribution < 1.29 is 9.90 Å². The summed E-state index contributed by atoms with van der Waals surface area (Å²) in [6.07, 6.45) is 3.15. The molecule has 1 aromatic heterocycles. The molecular weight excluding hydrogens is 216 g/mol. The van der Waals surface area contributed by atoms with E-state index in [1.807, 2.05) is 37.6 Å². The number of carbonyl (C=O) groups excluding carboxylic acids is 1. The van der Waals surface area contributed by atoms with Crippen molar-refractivity contribution in [1.82, 2.24) is 9.88 Å². The lowest BCUT2D eigenvalue weighted by Gasteiger charge is -2.25. The summed E-state index contributed by atoms with van der Waals surface area (Å²) < 4.78 is 1.88. The van der Waals surface area contributed by atoms with E-state index in [4.69, 9.17) is 0 Å². The van der Waals surface area contributed by atoms with Crippen LogP contribution in [0.1, 0.15) is 44.1 Å². The average Bonchev–Trinajstić information content (AvgIpc) is 2.83. The fourth-order valence-corrected chi connectivity index (χ4v) is 1.73. The second kappa shape index (κ2) is 5.87. The molecule has 0 aliphatic carbocycles. The fourth-order valence-electron chi connectivity index (χ4n) is 1.73. The lowest BCUT2D eigenvalue weighted by atomic mass is 9.97. The highest BCUT2D eigenvalue weighted by Gasteiger charge is 2.23. The van der Waals surface area contributed by atoms with Gasteiger partial charge in [0.25, 0.3) is 5.91 Å². The normalized spacial score (nSPS) is 11.5. The Bertz CT molecular complexity index is 367. The van der Waals surface area contributed by atoms with Gasteiger partial charge in [0.2, 0.25) is 0 Å². The van der Waals surface area contributed by atoms with E-state index in [-0.39, 0.29) is 5.91 Å². The summed E-state index contributed by atoms with van der Waals surface area (Å²) in [6, 6.07) is 3.64. The van der Waals surface area contributed by atoms with E-state index in [1.54, 1.807) is 6.07 Å². The van der Waals surface area contributed by atoms with Crippen LogP contribution in [0, 0.1) is 0 Å². The summed E-state index contributed by atoms with van der Waals surface area (Å²) >= 11 is 0. The van der Waals surface area contributed by atoms with E-state index >= 15 is 0 Å². The van der Waals surface area contributed by atoms with Gasteiger partial charge in [0.1, 0.15) is 5.69 Å². The van der Waals surface area contributed by atoms with E-state index in [0.717, 1.165) is 6.54 Å². The smallest absolute Gasteiger partial charge is 0.268 e. The van der Waals surface area contributed by atoms with Crippen LogP contribution < -0.4 is 5.32 Å². The zero-order valence-corrected chi connectivity index (χ0v) is 10.9. The molecule has 2 N–H and O–H groups in total. The SMILES string of the molecule is CCn1cccc1C(=O)NCC(O)(CC)CC. The summed E-state index contributed by atoms with van der Waals surface area (Å²) in [5.41, 5.74) is -0.152. The quantitative estimate of drug-likeness (QED) is 0.794. The number of carbonyl (C=O) groups is 1. The number of aryl methyl sites for hydroxylation is 1. The van der Waals surface area contributed by atoms with Crippen molar-refractivity contribution in [2.45, 2.75) is 45.8 Å². The first-order valence-corrected chi connectivity index (χ1v) is 6.22. The fraction of sp³-hybridized carbons (Fsp3) is 0.615. The van der Waals surface area contributed by atoms with Gasteiger partial charge in [0.05, 0.1) is 5.60 Å². The van der Waals surface area contributed by atoms with Crippen molar-refractivity contribution in [3.8, 4) is 0 Å². The zero-order valence-electron chi connectivity index (χ0n) is 10.9. The minimum Gasteiger partial charge on any atom is -0.388 e. The summed E-state index contributed by atoms with van der Waals surface area (Å²) in [7, 11) is 0. The molecule has 0 spiro atoms. The van der Waals surface area contributed by atoms with Crippen molar-refractivity contribution in [3.05, 3.63) is 24.0 Å². The van der Waals surface area contributed by atoms with Gasteiger partial charge in [-0.25, -0.2) is 0 Å². The molecule has 4 nitrogen and oxygen atoms in total. The molecular formula is C13H22N2O2. The minimum absolute atomic E-state index is 0.128. The molecule has 4 heteroatoms. The Hall–Kier alpha value is -1.29. The predicted molar refractivity (Wildman–Crippen MR) is 68.0 cm³/mol. The Kier molecular flexibility index (Phi) is 4.75. The van der Waals surface area contributed by atoms with Gasteiger partial charge in [-0.2, -0.15) is 0 Å². The molecule has 17 heavy (non-hydrogen) atoms. The van der Waals surface area contributed by atoms with Crippen LogP contribution in [-0.4, -0.2) is 27.7 Å². The molecule has 0 radical (unpaired) electrons. The van der Waals surface area contributed by atoms with Crippen LogP contribution in [0.15, 0.2) is 18.3 Å². The minimum atomic E-state index is -0.792. The summed E-state index contributed by atoms with van der Waals surface area (Å²) in [6.45, 7) is 6.90. The van der Waals surface area contributed by atoms with Gasteiger partial charge in [0.15, 0.2) is 0 Å². The molecule has 0 fully saturated rings. The van der Waals surface area contributed by atoms with Gasteiger partial charge in [-0.3, -0.25) is 4.79 Å². The topological polar surface area (TPSA) is 54.3 Å². The average molecular weight is 238 g/mol. The third kappa shape index (κ3) is 3.33. The van der Waals surface area contributed by atoms with Crippen molar-refractivity contribution in [1.29, 1.82) is 0 Å². The maximum atomic E-state index is 11.9. The highest BCUT2D eigenvalue weighted by molar-refractivity contribution is 5.92. The summed E-state index contributed by atoms with van der Waals surface area (Å²) in [5, 5.41) is 12.9. The van der Waals surface area contributed by atoms with Gasteiger partial charge >= 0.3 is 0 Å². The second-order valence-corrected chi connectivity index (χ2v) is 4.29. The molecule has 1 rings (SSSR count). The molecule has 0 aromatic carbocycles. The molecule has 0 atom stereocenters. The highest BCUT2D eigenvalue weighted by Crippen LogP contribution is 2.13. The molecule has 0 aliphatic heterocycles. The van der Waals surface area contributed by atoms with E-state index in [0.29, 0.717) is 25.1 Å². The number of nitrogens with zero attached hydrogens (tertiary/aromatic N) is 1. The number of hydrogen-bond acceptors (Lipinski definition) is 2. The molecule has 1 amide bonds. The standard InChI is InChI=1S/C13H22N2O2/c1-4-13(17,5-2)10-14-12(16)11-8-7-9-15(11)6-3/h7-9,17H,4-6,10H2,1-3H3,(H,14,16). The molecule has 96 valence electrons. The third-order valence-electron chi connectivity index (χ3n) is 3.30. The highest BCUT2D eigenvalue weighted by atomic mass is 16.3. The van der Waals surface area contributed by atoms with Gasteiger partial charge in [0, 0.05) is 19.3 Å². The van der Waals surface area contributed by atoms with Gasteiger partial charge in [-0.15, -0.1) is 0 Å². The van der Waals surface area contributed by atoms with Gasteiger partial charge < -0.3 is 15.0 Å². The maximum Gasteiger partial charge on any atom is 0.268 e. The van der Waals surface area contributed by atoms with Gasteiger partial charge in [-0.05, 0) is 31.9 Å². The number of hydrogen-bond donors (Lipinski definition) is 2. The van der Waals surface area contributed by atoms with Crippen LogP contribution in [0.3, 0.4) is 0 Å². The number of nitrogens with one attached hydrogen (secondary N) is 1. The Balaban J connectivity index is 2.62. The second-order valence-electron chi connectivity index (χ2n) is 4.29. The molecule has 1 aromatic rings. The van der Waals surface area contributed by atoms with Crippen molar-refractivity contribution >= 4 is 5.91 Å². The Labute approximate surface area is 103 Å². The first kappa shape index (κ1) is 13.8. The molecule has 0 aliphatic rings. The number of rotatable bonds is 6. The first-order chi connectivity index (χ1) is 8.06. The molecule has 0 saturated carbocycles. The molecule has 0 saturated heterocycles. The summed E-state index contributed by atoms with van der Waals surface area (Å²) in [4.78, 5) is 11.9. The van der Waals surface area contributed by atoms with Crippen LogP contribution in [0.25, 0.3) is 0 Å². The van der Waals surface area contributed by atoms with Crippen LogP contribution in [0.5, 0.6) is 0 Å². The zero-order chi connectivity index (χ0) is 12.9. The Morgan fingerprint density at radius 3 is 2.59 bits per heavy atom. The predicted octanol–water partition coefficient (Wildman–Crippen LogP) is 1.79. The van der Waals surface area contributed by atoms with Crippen LogP contribution in [-0.2, 0) is 6.54 Å². The lowest BCUT2D eigenvalue weighted by molar-refractivity contribution is 0.0312. The van der Waals surface area contributed by atoms with E-state index in [1.165, 1.54) is 0 Å². The number of aromatic nitrogens is 1. The van der Waals surface area contributed by atoms with E-state index in [9.17, 15) is 9.90 Å².